The highest BCUT2D eigenvalue weighted by atomic mass is 16.5. The summed E-state index contributed by atoms with van der Waals surface area (Å²) >= 11 is 0. The van der Waals surface area contributed by atoms with Crippen molar-refractivity contribution in [3.8, 4) is 11.5 Å². The molecule has 5 heteroatoms. The van der Waals surface area contributed by atoms with E-state index in [2.05, 4.69) is 19.2 Å². The number of ether oxygens (including phenoxy) is 3. The highest BCUT2D eigenvalue weighted by Crippen LogP contribution is 2.24. The van der Waals surface area contributed by atoms with E-state index < -0.39 is 6.10 Å². The lowest BCUT2D eigenvalue weighted by atomic mass is 10.2. The number of hydrogen-bond acceptors (Lipinski definition) is 5. The Labute approximate surface area is 127 Å². The van der Waals surface area contributed by atoms with Crippen molar-refractivity contribution in [1.29, 1.82) is 0 Å². The van der Waals surface area contributed by atoms with Crippen molar-refractivity contribution < 1.29 is 19.3 Å². The van der Waals surface area contributed by atoms with Crippen LogP contribution in [0, 0.1) is 5.92 Å². The molecule has 0 saturated carbocycles. The van der Waals surface area contributed by atoms with Crippen molar-refractivity contribution in [1.82, 2.24) is 5.32 Å². The molecule has 0 heterocycles. The molecule has 120 valence electrons. The average Bonchev–Trinajstić information content (AvgIpc) is 2.47. The fourth-order valence-electron chi connectivity index (χ4n) is 1.87. The van der Waals surface area contributed by atoms with Crippen molar-refractivity contribution in [3.05, 3.63) is 23.8 Å². The van der Waals surface area contributed by atoms with Crippen LogP contribution in [-0.2, 0) is 11.3 Å². The van der Waals surface area contributed by atoms with Crippen LogP contribution >= 0.6 is 0 Å². The smallest absolute Gasteiger partial charge is 0.127 e. The lowest BCUT2D eigenvalue weighted by Crippen LogP contribution is -2.30. The fourth-order valence-corrected chi connectivity index (χ4v) is 1.87. The van der Waals surface area contributed by atoms with Gasteiger partial charge >= 0.3 is 0 Å². The third kappa shape index (κ3) is 6.80. The van der Waals surface area contributed by atoms with Crippen LogP contribution in [0.2, 0.25) is 0 Å². The minimum atomic E-state index is -0.506. The van der Waals surface area contributed by atoms with Gasteiger partial charge in [-0.25, -0.2) is 0 Å². The zero-order chi connectivity index (χ0) is 15.7. The number of nitrogens with one attached hydrogen (secondary N) is 1. The number of methoxy groups -OCH3 is 2. The van der Waals surface area contributed by atoms with Gasteiger partial charge in [-0.15, -0.1) is 0 Å². The molecule has 1 aromatic rings. The van der Waals surface area contributed by atoms with Crippen molar-refractivity contribution in [3.63, 3.8) is 0 Å². The van der Waals surface area contributed by atoms with E-state index in [4.69, 9.17) is 14.2 Å². The second-order valence-corrected chi connectivity index (χ2v) is 5.39. The van der Waals surface area contributed by atoms with Crippen molar-refractivity contribution in [2.45, 2.75) is 26.5 Å². The summed E-state index contributed by atoms with van der Waals surface area (Å²) in [6.07, 6.45) is -0.506. The topological polar surface area (TPSA) is 60.0 Å². The Kier molecular flexibility index (Phi) is 8.12. The lowest BCUT2D eigenvalue weighted by Gasteiger charge is -2.15. The van der Waals surface area contributed by atoms with Gasteiger partial charge in [0.05, 0.1) is 26.9 Å². The SMILES string of the molecule is COc1ccc(CNCC(O)COCC(C)C)c(OC)c1. The standard InChI is InChI=1S/C16H27NO4/c1-12(2)10-21-11-14(18)9-17-8-13-5-6-15(19-3)7-16(13)20-4/h5-7,12,14,17-18H,8-11H2,1-4H3. The van der Waals surface area contributed by atoms with E-state index in [1.807, 2.05) is 18.2 Å². The van der Waals surface area contributed by atoms with Crippen LogP contribution in [0.25, 0.3) is 0 Å². The minimum Gasteiger partial charge on any atom is -0.497 e. The Morgan fingerprint density at radius 3 is 2.52 bits per heavy atom. The predicted molar refractivity (Wildman–Crippen MR) is 82.9 cm³/mol. The molecule has 0 aromatic heterocycles. The quantitative estimate of drug-likeness (QED) is 0.690. The summed E-state index contributed by atoms with van der Waals surface area (Å²) in [7, 11) is 3.26. The van der Waals surface area contributed by atoms with Crippen LogP contribution in [-0.4, -0.2) is 45.2 Å². The van der Waals surface area contributed by atoms with E-state index >= 15 is 0 Å². The molecule has 0 aliphatic carbocycles. The first-order valence-corrected chi connectivity index (χ1v) is 7.24. The van der Waals surface area contributed by atoms with Gasteiger partial charge in [0.1, 0.15) is 11.5 Å². The molecule has 0 bridgehead atoms. The summed E-state index contributed by atoms with van der Waals surface area (Å²) in [6.45, 7) is 6.29. The molecule has 0 amide bonds. The second-order valence-electron chi connectivity index (χ2n) is 5.39. The molecule has 1 aromatic carbocycles. The molecule has 0 fully saturated rings. The fraction of sp³-hybridized carbons (Fsp3) is 0.625. The summed E-state index contributed by atoms with van der Waals surface area (Å²) in [4.78, 5) is 0. The number of hydrogen-bond donors (Lipinski definition) is 2. The van der Waals surface area contributed by atoms with Crippen molar-refractivity contribution in [2.75, 3.05) is 34.0 Å². The molecule has 1 rings (SSSR count). The third-order valence-electron chi connectivity index (χ3n) is 2.95. The molecule has 1 unspecified atom stereocenters. The van der Waals surface area contributed by atoms with E-state index in [1.165, 1.54) is 0 Å². The van der Waals surface area contributed by atoms with Crippen LogP contribution in [0.1, 0.15) is 19.4 Å². The maximum Gasteiger partial charge on any atom is 0.127 e. The van der Waals surface area contributed by atoms with Crippen molar-refractivity contribution in [2.24, 2.45) is 5.92 Å². The maximum atomic E-state index is 9.81. The maximum absolute atomic E-state index is 9.81. The Hall–Kier alpha value is -1.30. The molecule has 0 aliphatic heterocycles. The number of aliphatic hydroxyl groups is 1. The van der Waals surface area contributed by atoms with E-state index in [0.29, 0.717) is 32.2 Å². The van der Waals surface area contributed by atoms with E-state index in [0.717, 1.165) is 17.1 Å². The van der Waals surface area contributed by atoms with Crippen LogP contribution in [0.5, 0.6) is 11.5 Å². The summed E-state index contributed by atoms with van der Waals surface area (Å²) in [5.41, 5.74) is 1.02. The summed E-state index contributed by atoms with van der Waals surface area (Å²) in [6, 6.07) is 5.69. The van der Waals surface area contributed by atoms with Crippen LogP contribution < -0.4 is 14.8 Å². The Morgan fingerprint density at radius 2 is 1.90 bits per heavy atom. The Morgan fingerprint density at radius 1 is 1.14 bits per heavy atom. The highest BCUT2D eigenvalue weighted by Gasteiger charge is 2.07. The Balaban J connectivity index is 2.34. The second kappa shape index (κ2) is 9.60. The van der Waals surface area contributed by atoms with Crippen LogP contribution in [0.3, 0.4) is 0 Å². The zero-order valence-electron chi connectivity index (χ0n) is 13.4. The third-order valence-corrected chi connectivity index (χ3v) is 2.95. The molecule has 0 spiro atoms. The number of benzene rings is 1. The molecule has 2 N–H and O–H groups in total. The van der Waals surface area contributed by atoms with E-state index in [-0.39, 0.29) is 0 Å². The largest absolute Gasteiger partial charge is 0.497 e. The molecule has 21 heavy (non-hydrogen) atoms. The van der Waals surface area contributed by atoms with E-state index in [9.17, 15) is 5.11 Å². The first kappa shape index (κ1) is 17.8. The van der Waals surface area contributed by atoms with E-state index in [1.54, 1.807) is 14.2 Å². The molecule has 0 aliphatic rings. The molecule has 0 radical (unpaired) electrons. The summed E-state index contributed by atoms with van der Waals surface area (Å²) < 4.78 is 15.9. The van der Waals surface area contributed by atoms with Crippen molar-refractivity contribution >= 4 is 0 Å². The minimum absolute atomic E-state index is 0.352. The van der Waals surface area contributed by atoms with Gasteiger partial charge in [0.15, 0.2) is 0 Å². The Bertz CT molecular complexity index is 409. The zero-order valence-corrected chi connectivity index (χ0v) is 13.4. The monoisotopic (exact) mass is 297 g/mol. The van der Waals surface area contributed by atoms with Gasteiger partial charge in [0.2, 0.25) is 0 Å². The highest BCUT2D eigenvalue weighted by molar-refractivity contribution is 5.40. The first-order valence-electron chi connectivity index (χ1n) is 7.24. The van der Waals surface area contributed by atoms with Gasteiger partial charge in [-0.05, 0) is 12.0 Å². The normalized spacial score (nSPS) is 12.5. The van der Waals surface area contributed by atoms with Gasteiger partial charge in [-0.3, -0.25) is 0 Å². The summed E-state index contributed by atoms with van der Waals surface area (Å²) in [5, 5.41) is 13.0. The van der Waals surface area contributed by atoms with Gasteiger partial charge < -0.3 is 24.6 Å². The number of rotatable bonds is 10. The van der Waals surface area contributed by atoms with Gasteiger partial charge in [-0.2, -0.15) is 0 Å². The molecular formula is C16H27NO4. The number of aliphatic hydroxyl groups excluding tert-OH is 1. The average molecular weight is 297 g/mol. The molecule has 1 atom stereocenters. The predicted octanol–water partition coefficient (Wildman–Crippen LogP) is 1.83. The first-order chi connectivity index (χ1) is 10.1. The summed E-state index contributed by atoms with van der Waals surface area (Å²) in [5.74, 6) is 2.01. The van der Waals surface area contributed by atoms with Gasteiger partial charge in [0, 0.05) is 31.3 Å². The lowest BCUT2D eigenvalue weighted by molar-refractivity contribution is 0.0260. The molecular weight excluding hydrogens is 270 g/mol. The molecule has 0 saturated heterocycles. The van der Waals surface area contributed by atoms with Crippen LogP contribution in [0.4, 0.5) is 0 Å². The van der Waals surface area contributed by atoms with Gasteiger partial charge in [-0.1, -0.05) is 19.9 Å². The molecule has 5 nitrogen and oxygen atoms in total. The van der Waals surface area contributed by atoms with Gasteiger partial charge in [0.25, 0.3) is 0 Å². The van der Waals surface area contributed by atoms with Crippen LogP contribution in [0.15, 0.2) is 18.2 Å².